The molecule has 0 aliphatic rings. The molecule has 0 aliphatic carbocycles. The molecule has 2 heterocycles. The van der Waals surface area contributed by atoms with E-state index in [4.69, 9.17) is 5.10 Å². The molecular weight excluding hydrogens is 416 g/mol. The first-order valence-corrected chi connectivity index (χ1v) is 10.7. The highest BCUT2D eigenvalue weighted by Gasteiger charge is 2.25. The van der Waals surface area contributed by atoms with Crippen molar-refractivity contribution in [3.63, 3.8) is 0 Å². The highest BCUT2D eigenvalue weighted by Crippen LogP contribution is 2.25. The molecule has 9 heteroatoms. The number of para-hydroxylation sites is 2. The molecule has 33 heavy (non-hydrogen) atoms. The lowest BCUT2D eigenvalue weighted by atomic mass is 10.1. The number of nitrogens with one attached hydrogen (secondary N) is 2. The molecular formula is C24H26N8O. The van der Waals surface area contributed by atoms with Crippen LogP contribution in [0, 0.1) is 13.8 Å². The molecule has 2 N–H and O–H groups in total. The second-order valence-corrected chi connectivity index (χ2v) is 7.59. The third-order valence-electron chi connectivity index (χ3n) is 5.29. The number of tetrazole rings is 1. The molecule has 0 fully saturated rings. The lowest BCUT2D eigenvalue weighted by Crippen LogP contribution is -2.34. The van der Waals surface area contributed by atoms with Crippen molar-refractivity contribution in [2.75, 3.05) is 13.1 Å². The van der Waals surface area contributed by atoms with Crippen molar-refractivity contribution in [3.05, 3.63) is 96.1 Å². The van der Waals surface area contributed by atoms with Crippen LogP contribution >= 0.6 is 0 Å². The van der Waals surface area contributed by atoms with Gasteiger partial charge in [0.15, 0.2) is 5.82 Å². The van der Waals surface area contributed by atoms with E-state index < -0.39 is 6.04 Å². The summed E-state index contributed by atoms with van der Waals surface area (Å²) in [6, 6.07) is 17.5. The molecule has 4 aromatic rings. The van der Waals surface area contributed by atoms with Crippen molar-refractivity contribution in [2.45, 2.75) is 19.9 Å². The van der Waals surface area contributed by atoms with Gasteiger partial charge in [0.2, 0.25) is 5.91 Å². The Morgan fingerprint density at radius 1 is 1.06 bits per heavy atom. The quantitative estimate of drug-likeness (QED) is 0.305. The van der Waals surface area contributed by atoms with Gasteiger partial charge in [-0.15, -0.1) is 5.10 Å². The molecule has 2 aromatic carbocycles. The van der Waals surface area contributed by atoms with Crippen LogP contribution in [0.2, 0.25) is 0 Å². The monoisotopic (exact) mass is 442 g/mol. The Balaban J connectivity index is 1.69. The van der Waals surface area contributed by atoms with Gasteiger partial charge in [0.05, 0.1) is 17.1 Å². The van der Waals surface area contributed by atoms with Crippen LogP contribution in [0.5, 0.6) is 0 Å². The zero-order valence-corrected chi connectivity index (χ0v) is 18.6. The van der Waals surface area contributed by atoms with Gasteiger partial charge in [-0.2, -0.15) is 9.78 Å². The number of hydrogen-bond acceptors (Lipinski definition) is 6. The Hall–Kier alpha value is -4.11. The molecule has 168 valence electrons. The maximum absolute atomic E-state index is 11.5. The van der Waals surface area contributed by atoms with E-state index in [0.29, 0.717) is 18.9 Å². The number of aryl methyl sites for hydroxylation is 2. The highest BCUT2D eigenvalue weighted by molar-refractivity contribution is 5.86. The molecule has 0 spiro atoms. The van der Waals surface area contributed by atoms with Gasteiger partial charge in [0.1, 0.15) is 6.04 Å². The van der Waals surface area contributed by atoms with Gasteiger partial charge in [0, 0.05) is 19.3 Å². The van der Waals surface area contributed by atoms with Gasteiger partial charge < -0.3 is 10.6 Å². The molecule has 0 radical (unpaired) electrons. The Bertz CT molecular complexity index is 1220. The van der Waals surface area contributed by atoms with Crippen LogP contribution in [0.25, 0.3) is 11.4 Å². The Morgan fingerprint density at radius 2 is 1.82 bits per heavy atom. The van der Waals surface area contributed by atoms with E-state index in [1.54, 1.807) is 4.68 Å². The number of amides is 1. The van der Waals surface area contributed by atoms with Crippen molar-refractivity contribution in [2.24, 2.45) is 0 Å². The van der Waals surface area contributed by atoms with Crippen LogP contribution in [0.1, 0.15) is 28.7 Å². The third kappa shape index (κ3) is 4.88. The van der Waals surface area contributed by atoms with Gasteiger partial charge in [0.25, 0.3) is 0 Å². The molecule has 0 saturated carbocycles. The Labute approximate surface area is 192 Å². The van der Waals surface area contributed by atoms with E-state index in [0.717, 1.165) is 28.2 Å². The number of rotatable bonds is 9. The average molecular weight is 443 g/mol. The Morgan fingerprint density at radius 3 is 2.55 bits per heavy atom. The van der Waals surface area contributed by atoms with Gasteiger partial charge >= 0.3 is 0 Å². The molecule has 0 bridgehead atoms. The highest BCUT2D eigenvalue weighted by atomic mass is 16.1. The Kier molecular flexibility index (Phi) is 6.70. The van der Waals surface area contributed by atoms with E-state index in [1.807, 2.05) is 79.3 Å². The lowest BCUT2D eigenvalue weighted by molar-refractivity contribution is -0.116. The SMILES string of the molecule is C=CC(=O)NCCNC(c1ccn(-c2ccccc2)n1)c1nnnn1-c1c(C)cccc1C. The topological polar surface area (TPSA) is 103 Å². The van der Waals surface area contributed by atoms with Gasteiger partial charge in [-0.1, -0.05) is 43.0 Å². The number of hydrogen-bond donors (Lipinski definition) is 2. The minimum Gasteiger partial charge on any atom is -0.351 e. The van der Waals surface area contributed by atoms with Crippen molar-refractivity contribution < 1.29 is 4.79 Å². The second kappa shape index (κ2) is 10.0. The second-order valence-electron chi connectivity index (χ2n) is 7.59. The lowest BCUT2D eigenvalue weighted by Gasteiger charge is -2.18. The number of aromatic nitrogens is 6. The zero-order valence-electron chi connectivity index (χ0n) is 18.6. The molecule has 1 amide bonds. The van der Waals surface area contributed by atoms with Gasteiger partial charge in [-0.05, 0) is 59.7 Å². The summed E-state index contributed by atoms with van der Waals surface area (Å²) in [4.78, 5) is 11.5. The molecule has 4 rings (SSSR count). The predicted molar refractivity (Wildman–Crippen MR) is 125 cm³/mol. The molecule has 1 unspecified atom stereocenters. The molecule has 0 aliphatic heterocycles. The number of nitrogens with zero attached hydrogens (tertiary/aromatic N) is 6. The van der Waals surface area contributed by atoms with Crippen LogP contribution in [0.15, 0.2) is 73.4 Å². The maximum Gasteiger partial charge on any atom is 0.243 e. The summed E-state index contributed by atoms with van der Waals surface area (Å²) in [5, 5.41) is 23.6. The van der Waals surface area contributed by atoms with Crippen molar-refractivity contribution in [1.82, 2.24) is 40.6 Å². The fourth-order valence-electron chi connectivity index (χ4n) is 3.69. The minimum atomic E-state index is -0.399. The molecule has 0 saturated heterocycles. The van der Waals surface area contributed by atoms with Crippen LogP contribution in [-0.2, 0) is 4.79 Å². The van der Waals surface area contributed by atoms with Crippen LogP contribution < -0.4 is 10.6 Å². The molecule has 1 atom stereocenters. The summed E-state index contributed by atoms with van der Waals surface area (Å²) in [5.74, 6) is 0.392. The van der Waals surface area contributed by atoms with Crippen LogP contribution in [0.4, 0.5) is 0 Å². The van der Waals surface area contributed by atoms with E-state index in [1.165, 1.54) is 6.08 Å². The largest absolute Gasteiger partial charge is 0.351 e. The van der Waals surface area contributed by atoms with E-state index >= 15 is 0 Å². The fraction of sp³-hybridized carbons (Fsp3) is 0.208. The van der Waals surface area contributed by atoms with E-state index in [2.05, 4.69) is 32.7 Å². The summed E-state index contributed by atoms with van der Waals surface area (Å²) in [6.07, 6.45) is 3.16. The average Bonchev–Trinajstić information content (AvgIpc) is 3.50. The summed E-state index contributed by atoms with van der Waals surface area (Å²) in [6.45, 7) is 8.46. The fourth-order valence-corrected chi connectivity index (χ4v) is 3.69. The van der Waals surface area contributed by atoms with Crippen molar-refractivity contribution in [1.29, 1.82) is 0 Å². The van der Waals surface area contributed by atoms with E-state index in [-0.39, 0.29) is 5.91 Å². The van der Waals surface area contributed by atoms with Gasteiger partial charge in [-0.3, -0.25) is 4.79 Å². The zero-order chi connectivity index (χ0) is 23.2. The number of benzene rings is 2. The first kappa shape index (κ1) is 22.1. The van der Waals surface area contributed by atoms with Gasteiger partial charge in [-0.25, -0.2) is 4.68 Å². The maximum atomic E-state index is 11.5. The third-order valence-corrected chi connectivity index (χ3v) is 5.29. The first-order valence-electron chi connectivity index (χ1n) is 10.7. The minimum absolute atomic E-state index is 0.220. The van der Waals surface area contributed by atoms with Crippen molar-refractivity contribution in [3.8, 4) is 11.4 Å². The summed E-state index contributed by atoms with van der Waals surface area (Å²) < 4.78 is 3.57. The molecule has 2 aromatic heterocycles. The van der Waals surface area contributed by atoms with Crippen molar-refractivity contribution >= 4 is 5.91 Å². The van der Waals surface area contributed by atoms with E-state index in [9.17, 15) is 4.79 Å². The number of carbonyl (C=O) groups excluding carboxylic acids is 1. The summed E-state index contributed by atoms with van der Waals surface area (Å²) >= 11 is 0. The summed E-state index contributed by atoms with van der Waals surface area (Å²) in [5.41, 5.74) is 4.78. The van der Waals surface area contributed by atoms with Crippen LogP contribution in [-0.4, -0.2) is 49.0 Å². The standard InChI is InChI=1S/C24H26N8O/c1-4-21(33)25-14-15-26-22(20-13-16-31(28-20)19-11-6-5-7-12-19)24-27-29-30-32(24)23-17(2)9-8-10-18(23)3/h4-13,16,22,26H,1,14-15H2,2-3H3,(H,25,33). The predicted octanol–water partition coefficient (Wildman–Crippen LogP) is 2.45. The smallest absolute Gasteiger partial charge is 0.243 e. The number of carbonyl (C=O) groups is 1. The normalized spacial score (nSPS) is 11.8. The van der Waals surface area contributed by atoms with Crippen LogP contribution in [0.3, 0.4) is 0 Å². The molecule has 9 nitrogen and oxygen atoms in total. The summed E-state index contributed by atoms with van der Waals surface area (Å²) in [7, 11) is 0. The first-order chi connectivity index (χ1) is 16.1.